The molecule has 0 aliphatic rings. The van der Waals surface area contributed by atoms with Gasteiger partial charge in [-0.2, -0.15) is 0 Å². The summed E-state index contributed by atoms with van der Waals surface area (Å²) in [6, 6.07) is 55.6. The molecule has 8 rings (SSSR count). The van der Waals surface area contributed by atoms with Gasteiger partial charge in [0.25, 0.3) is 0 Å². The minimum Gasteiger partial charge on any atom is -0.577 e. The molecule has 0 bridgehead atoms. The molecule has 0 atom stereocenters. The van der Waals surface area contributed by atoms with Crippen LogP contribution in [0.4, 0.5) is 0 Å². The first-order valence-corrected chi connectivity index (χ1v) is 18.1. The Morgan fingerprint density at radius 2 is 0.860 bits per heavy atom. The molecule has 0 fully saturated rings. The van der Waals surface area contributed by atoms with Gasteiger partial charge < -0.3 is 11.4 Å². The third-order valence-corrected chi connectivity index (χ3v) is 10.0. The molecule has 2 aromatic heterocycles. The maximum atomic E-state index is 6.93. The van der Waals surface area contributed by atoms with E-state index in [4.69, 9.17) is 21.3 Å². The molecule has 0 saturated heterocycles. The van der Waals surface area contributed by atoms with Gasteiger partial charge in [-0.1, -0.05) is 127 Å². The van der Waals surface area contributed by atoms with Gasteiger partial charge in [0.05, 0.1) is 5.75 Å². The van der Waals surface area contributed by atoms with E-state index in [-0.39, 0.29) is 0 Å². The van der Waals surface area contributed by atoms with Gasteiger partial charge in [-0.25, -0.2) is 9.97 Å². The molecule has 6 heteroatoms. The average Bonchev–Trinajstić information content (AvgIpc) is 3.16. The van der Waals surface area contributed by atoms with Crippen molar-refractivity contribution in [2.24, 2.45) is 0 Å². The highest BCUT2D eigenvalue weighted by Gasteiger charge is 2.45. The summed E-state index contributed by atoms with van der Waals surface area (Å²) >= 11 is -3.06. The van der Waals surface area contributed by atoms with Gasteiger partial charge in [0.2, 0.25) is 0 Å². The van der Waals surface area contributed by atoms with Gasteiger partial charge in [-0.3, -0.25) is 0 Å². The Morgan fingerprint density at radius 1 is 0.420 bits per heavy atom. The summed E-state index contributed by atoms with van der Waals surface area (Å²) in [6.45, 7) is 3.96. The molecule has 240 valence electrons. The number of hydrogen-bond acceptors (Lipinski definition) is 5. The van der Waals surface area contributed by atoms with Crippen LogP contribution in [-0.4, -0.2) is 25.1 Å². The fourth-order valence-electron chi connectivity index (χ4n) is 6.31. The molecule has 0 aliphatic carbocycles. The Labute approximate surface area is 296 Å². The Balaban J connectivity index is 1.30. The maximum Gasteiger partial charge on any atom is 1.20 e. The minimum absolute atomic E-state index is 0.611. The van der Waals surface area contributed by atoms with E-state index in [1.54, 1.807) is 0 Å². The monoisotopic (exact) mass is 664 g/mol. The number of pyridine rings is 2. The van der Waals surface area contributed by atoms with Crippen LogP contribution >= 0.6 is 0 Å². The van der Waals surface area contributed by atoms with E-state index in [9.17, 15) is 0 Å². The van der Waals surface area contributed by atoms with Crippen molar-refractivity contribution in [2.45, 2.75) is 13.8 Å². The summed E-state index contributed by atoms with van der Waals surface area (Å²) in [5, 5.41) is 1.96. The number of fused-ring (bicyclic) bond motifs is 2. The van der Waals surface area contributed by atoms with Crippen molar-refractivity contribution in [1.29, 1.82) is 0 Å². The minimum atomic E-state index is -3.06. The summed E-state index contributed by atoms with van der Waals surface area (Å²) in [5.41, 5.74) is 9.82. The third-order valence-electron chi connectivity index (χ3n) is 8.67. The molecule has 6 aromatic carbocycles. The zero-order valence-electron chi connectivity index (χ0n) is 27.8. The first-order chi connectivity index (χ1) is 24.6. The van der Waals surface area contributed by atoms with Crippen LogP contribution in [0.25, 0.3) is 55.2 Å². The third kappa shape index (κ3) is 6.55. The Morgan fingerprint density at radius 3 is 1.32 bits per heavy atom. The molecule has 50 heavy (non-hydrogen) atoms. The standard InChI is InChI=1S/C24H18O.2C10H9NO.Al/c25-21-16-22(18-10-4-1-5-11-18)24(20-14-8-3-9-15-20)23(17-21)19-12-6-2-7-13-19;2*1-7-5-6-8-3-2-4-9(12)10(8)11-7;/h1-17,25H;2*2-6,12H,1H3;/q;;;+3/p-3. The summed E-state index contributed by atoms with van der Waals surface area (Å²) in [5.74, 6) is 1.87. The number of rotatable bonds is 9. The van der Waals surface area contributed by atoms with Gasteiger partial charge in [-0.05, 0) is 83.6 Å². The number of para-hydroxylation sites is 2. The molecule has 8 aromatic rings. The predicted octanol–water partition coefficient (Wildman–Crippen LogP) is 10.9. The average molecular weight is 665 g/mol. The molecule has 0 radical (unpaired) electrons. The van der Waals surface area contributed by atoms with E-state index in [0.29, 0.717) is 17.2 Å². The Hall–Kier alpha value is -5.93. The van der Waals surface area contributed by atoms with Crippen LogP contribution in [0.5, 0.6) is 17.2 Å². The lowest BCUT2D eigenvalue weighted by Crippen LogP contribution is -2.37. The van der Waals surface area contributed by atoms with Crippen LogP contribution in [0, 0.1) is 13.8 Å². The lowest BCUT2D eigenvalue weighted by Gasteiger charge is -2.22. The fraction of sp³-hybridized carbons (Fsp3) is 0.0455. The second-order valence-electron chi connectivity index (χ2n) is 12.2. The van der Waals surface area contributed by atoms with Crippen LogP contribution in [0.2, 0.25) is 0 Å². The van der Waals surface area contributed by atoms with Crippen molar-refractivity contribution in [2.75, 3.05) is 0 Å². The van der Waals surface area contributed by atoms with E-state index in [1.165, 1.54) is 0 Å². The number of hydrogen-bond donors (Lipinski definition) is 0. The second kappa shape index (κ2) is 13.9. The molecule has 0 amide bonds. The molecule has 0 N–H and O–H groups in total. The lowest BCUT2D eigenvalue weighted by atomic mass is 9.87. The van der Waals surface area contributed by atoms with E-state index >= 15 is 0 Å². The predicted molar refractivity (Wildman–Crippen MR) is 203 cm³/mol. The number of nitrogens with zero attached hydrogens (tertiary/aromatic N) is 2. The van der Waals surface area contributed by atoms with Crippen molar-refractivity contribution in [3.63, 3.8) is 0 Å². The van der Waals surface area contributed by atoms with E-state index in [2.05, 4.69) is 97.1 Å². The number of aryl methyl sites for hydroxylation is 2. The van der Waals surface area contributed by atoms with Crippen molar-refractivity contribution in [3.05, 3.63) is 175 Å². The highest BCUT2D eigenvalue weighted by atomic mass is 27.3. The Bertz CT molecular complexity index is 2290. The molecule has 0 saturated carbocycles. The maximum absolute atomic E-state index is 6.93. The molecule has 0 unspecified atom stereocenters. The van der Waals surface area contributed by atoms with Gasteiger partial charge >= 0.3 is 15.1 Å². The quantitative estimate of drug-likeness (QED) is 0.144. The molecule has 5 nitrogen and oxygen atoms in total. The molecule has 2 heterocycles. The van der Waals surface area contributed by atoms with E-state index in [0.717, 1.165) is 66.6 Å². The van der Waals surface area contributed by atoms with Gasteiger partial charge in [-0.15, -0.1) is 0 Å². The number of aromatic nitrogens is 2. The van der Waals surface area contributed by atoms with Crippen molar-refractivity contribution < 1.29 is 11.4 Å². The smallest absolute Gasteiger partial charge is 0.577 e. The van der Waals surface area contributed by atoms with Crippen molar-refractivity contribution >= 4 is 37.0 Å². The second-order valence-corrected chi connectivity index (χ2v) is 13.5. The van der Waals surface area contributed by atoms with Crippen LogP contribution in [0.1, 0.15) is 11.4 Å². The summed E-state index contributed by atoms with van der Waals surface area (Å²) in [4.78, 5) is 9.66. The van der Waals surface area contributed by atoms with Gasteiger partial charge in [0.15, 0.2) is 0 Å². The molecule has 0 aliphatic heterocycles. The van der Waals surface area contributed by atoms with E-state index in [1.807, 2.05) is 80.6 Å². The SMILES string of the molecule is Cc1ccc2cccc([O][Al]([O]c3cc(-c4ccccc4)c(-c4ccccc4)c(-c4ccccc4)c3)[O]c3cccc4ccc(C)nc34)c2n1. The van der Waals surface area contributed by atoms with Gasteiger partial charge in [0.1, 0.15) is 22.5 Å². The summed E-state index contributed by atoms with van der Waals surface area (Å²) in [6.07, 6.45) is 0. The largest absolute Gasteiger partial charge is 1.20 e. The summed E-state index contributed by atoms with van der Waals surface area (Å²) in [7, 11) is 0. The highest BCUT2D eigenvalue weighted by Crippen LogP contribution is 2.43. The lowest BCUT2D eigenvalue weighted by molar-refractivity contribution is 0.310. The number of benzene rings is 6. The zero-order chi connectivity index (χ0) is 33.9. The molecular formula is C44H33AlN2O3. The van der Waals surface area contributed by atoms with Crippen molar-refractivity contribution in [1.82, 2.24) is 9.97 Å². The first-order valence-electron chi connectivity index (χ1n) is 16.7. The van der Waals surface area contributed by atoms with Gasteiger partial charge in [0, 0.05) is 22.2 Å². The highest BCUT2D eigenvalue weighted by molar-refractivity contribution is 6.40. The zero-order valence-corrected chi connectivity index (χ0v) is 28.9. The van der Waals surface area contributed by atoms with Crippen molar-refractivity contribution in [3.8, 4) is 50.6 Å². The Kier molecular flexibility index (Phi) is 8.71. The van der Waals surface area contributed by atoms with Crippen LogP contribution < -0.4 is 11.4 Å². The molecular weight excluding hydrogens is 631 g/mol. The first kappa shape index (κ1) is 31.3. The topological polar surface area (TPSA) is 53.5 Å². The van der Waals surface area contributed by atoms with E-state index < -0.39 is 15.1 Å². The van der Waals surface area contributed by atoms with Crippen LogP contribution in [-0.2, 0) is 0 Å². The van der Waals surface area contributed by atoms with Crippen LogP contribution in [0.15, 0.2) is 164 Å². The fourth-order valence-corrected chi connectivity index (χ4v) is 7.60. The summed E-state index contributed by atoms with van der Waals surface area (Å²) < 4.78 is 20.5. The normalized spacial score (nSPS) is 11.0. The molecule has 0 spiro atoms. The van der Waals surface area contributed by atoms with Crippen LogP contribution in [0.3, 0.4) is 0 Å².